The van der Waals surface area contributed by atoms with Crippen LogP contribution in [0.15, 0.2) is 48.5 Å². The smallest absolute Gasteiger partial charge is 0.339 e. The van der Waals surface area contributed by atoms with Gasteiger partial charge in [-0.2, -0.15) is 0 Å². The van der Waals surface area contributed by atoms with Gasteiger partial charge in [0.15, 0.2) is 11.9 Å². The zero-order chi connectivity index (χ0) is 20.1. The van der Waals surface area contributed by atoms with E-state index < -0.39 is 12.1 Å². The van der Waals surface area contributed by atoms with Crippen molar-refractivity contribution in [2.24, 2.45) is 0 Å². The molecule has 1 aliphatic carbocycles. The van der Waals surface area contributed by atoms with E-state index in [0.717, 1.165) is 25.7 Å². The van der Waals surface area contributed by atoms with Crippen LogP contribution in [0.4, 0.5) is 0 Å². The Balaban J connectivity index is 1.72. The number of ether oxygens (including phenoxy) is 1. The van der Waals surface area contributed by atoms with Crippen LogP contribution in [0.25, 0.3) is 0 Å². The third kappa shape index (κ3) is 4.78. The number of esters is 1. The van der Waals surface area contributed by atoms with Gasteiger partial charge in [0.05, 0.1) is 5.56 Å². The molecular formula is C22H22ClNO4. The Labute approximate surface area is 169 Å². The van der Waals surface area contributed by atoms with Gasteiger partial charge in [-0.25, -0.2) is 4.79 Å². The molecule has 0 heterocycles. The zero-order valence-electron chi connectivity index (χ0n) is 15.6. The van der Waals surface area contributed by atoms with Crippen molar-refractivity contribution in [1.82, 2.24) is 5.32 Å². The number of halogens is 1. The lowest BCUT2D eigenvalue weighted by atomic mass is 9.98. The molecule has 1 amide bonds. The molecule has 0 saturated heterocycles. The highest BCUT2D eigenvalue weighted by molar-refractivity contribution is 6.30. The predicted molar refractivity (Wildman–Crippen MR) is 107 cm³/mol. The van der Waals surface area contributed by atoms with Gasteiger partial charge in [-0.15, -0.1) is 0 Å². The van der Waals surface area contributed by atoms with E-state index in [2.05, 4.69) is 5.32 Å². The van der Waals surface area contributed by atoms with Crippen molar-refractivity contribution in [2.45, 2.75) is 44.8 Å². The lowest BCUT2D eigenvalue weighted by Gasteiger charge is -2.17. The normalized spacial score (nSPS) is 15.1. The molecular weight excluding hydrogens is 378 g/mol. The van der Waals surface area contributed by atoms with E-state index in [4.69, 9.17) is 16.3 Å². The fraction of sp³-hybridized carbons (Fsp3) is 0.318. The summed E-state index contributed by atoms with van der Waals surface area (Å²) in [6.07, 6.45) is 3.15. The second kappa shape index (κ2) is 9.02. The molecule has 1 fully saturated rings. The quantitative estimate of drug-likeness (QED) is 0.584. The van der Waals surface area contributed by atoms with Crippen LogP contribution in [0.5, 0.6) is 0 Å². The molecule has 0 aliphatic heterocycles. The van der Waals surface area contributed by atoms with Crippen LogP contribution in [0.3, 0.4) is 0 Å². The minimum Gasteiger partial charge on any atom is -0.449 e. The summed E-state index contributed by atoms with van der Waals surface area (Å²) in [6, 6.07) is 13.0. The first kappa shape index (κ1) is 20.1. The Bertz CT molecular complexity index is 872. The Kier molecular flexibility index (Phi) is 6.47. The summed E-state index contributed by atoms with van der Waals surface area (Å²) in [5, 5.41) is 3.43. The molecule has 28 heavy (non-hydrogen) atoms. The molecule has 1 N–H and O–H groups in total. The van der Waals surface area contributed by atoms with Gasteiger partial charge in [0, 0.05) is 22.2 Å². The van der Waals surface area contributed by atoms with Gasteiger partial charge in [-0.3, -0.25) is 9.59 Å². The number of nitrogens with one attached hydrogen (secondary N) is 1. The van der Waals surface area contributed by atoms with Gasteiger partial charge in [0.2, 0.25) is 0 Å². The summed E-state index contributed by atoms with van der Waals surface area (Å²) in [7, 11) is 0. The van der Waals surface area contributed by atoms with E-state index in [1.807, 2.05) is 0 Å². The summed E-state index contributed by atoms with van der Waals surface area (Å²) >= 11 is 5.87. The molecule has 1 atom stereocenters. The molecule has 5 nitrogen and oxygen atoms in total. The van der Waals surface area contributed by atoms with Crippen LogP contribution in [-0.4, -0.2) is 29.8 Å². The molecule has 146 valence electrons. The largest absolute Gasteiger partial charge is 0.449 e. The highest BCUT2D eigenvalue weighted by Crippen LogP contribution is 2.20. The Hall–Kier alpha value is -2.66. The number of hydrogen-bond acceptors (Lipinski definition) is 4. The minimum atomic E-state index is -0.938. The molecule has 0 aromatic heterocycles. The first-order chi connectivity index (χ1) is 13.5. The first-order valence-corrected chi connectivity index (χ1v) is 9.74. The fourth-order valence-corrected chi connectivity index (χ4v) is 3.41. The highest BCUT2D eigenvalue weighted by Gasteiger charge is 2.25. The van der Waals surface area contributed by atoms with E-state index in [1.54, 1.807) is 42.5 Å². The Morgan fingerprint density at radius 2 is 1.61 bits per heavy atom. The van der Waals surface area contributed by atoms with Crippen molar-refractivity contribution >= 4 is 29.3 Å². The SMILES string of the molecule is C[C@H](OC(=O)c1ccccc1C(=O)c1ccc(Cl)cc1)C(=O)NC1CCCC1. The summed E-state index contributed by atoms with van der Waals surface area (Å²) in [5.41, 5.74) is 0.762. The molecule has 2 aromatic carbocycles. The third-order valence-corrected chi connectivity index (χ3v) is 5.10. The van der Waals surface area contributed by atoms with Gasteiger partial charge in [-0.1, -0.05) is 42.6 Å². The van der Waals surface area contributed by atoms with Crippen molar-refractivity contribution in [2.75, 3.05) is 0 Å². The molecule has 1 aliphatic rings. The summed E-state index contributed by atoms with van der Waals surface area (Å²) in [4.78, 5) is 37.7. The number of amides is 1. The molecule has 0 bridgehead atoms. The van der Waals surface area contributed by atoms with E-state index in [9.17, 15) is 14.4 Å². The van der Waals surface area contributed by atoms with Crippen LogP contribution in [0.2, 0.25) is 5.02 Å². The zero-order valence-corrected chi connectivity index (χ0v) is 16.4. The lowest BCUT2D eigenvalue weighted by Crippen LogP contribution is -2.41. The van der Waals surface area contributed by atoms with Crippen molar-refractivity contribution in [3.05, 3.63) is 70.2 Å². The Morgan fingerprint density at radius 1 is 1.00 bits per heavy atom. The van der Waals surface area contributed by atoms with E-state index in [0.29, 0.717) is 10.6 Å². The summed E-state index contributed by atoms with van der Waals surface area (Å²) in [6.45, 7) is 1.53. The van der Waals surface area contributed by atoms with Crippen LogP contribution in [0, 0.1) is 0 Å². The number of benzene rings is 2. The fourth-order valence-electron chi connectivity index (χ4n) is 3.28. The molecule has 2 aromatic rings. The molecule has 1 saturated carbocycles. The maximum atomic E-state index is 12.8. The monoisotopic (exact) mass is 399 g/mol. The highest BCUT2D eigenvalue weighted by atomic mass is 35.5. The average molecular weight is 400 g/mol. The molecule has 6 heteroatoms. The summed E-state index contributed by atoms with van der Waals surface area (Å²) in [5.74, 6) is -1.33. The standard InChI is InChI=1S/C22H22ClNO4/c1-14(21(26)24-17-6-2-3-7-17)28-22(27)19-9-5-4-8-18(19)20(25)15-10-12-16(23)13-11-15/h4-5,8-14,17H,2-3,6-7H2,1H3,(H,24,26)/t14-/m0/s1. The molecule has 0 unspecified atom stereocenters. The van der Waals surface area contributed by atoms with Gasteiger partial charge >= 0.3 is 5.97 Å². The first-order valence-electron chi connectivity index (χ1n) is 9.36. The lowest BCUT2D eigenvalue weighted by molar-refractivity contribution is -0.129. The number of carbonyl (C=O) groups excluding carboxylic acids is 3. The van der Waals surface area contributed by atoms with Crippen molar-refractivity contribution in [1.29, 1.82) is 0 Å². The van der Waals surface area contributed by atoms with Crippen LogP contribution in [-0.2, 0) is 9.53 Å². The third-order valence-electron chi connectivity index (χ3n) is 4.85. The average Bonchev–Trinajstić information content (AvgIpc) is 3.21. The van der Waals surface area contributed by atoms with Crippen LogP contribution in [0.1, 0.15) is 58.9 Å². The molecule has 3 rings (SSSR count). The summed E-state index contributed by atoms with van der Waals surface area (Å²) < 4.78 is 5.33. The second-order valence-corrected chi connectivity index (χ2v) is 7.36. The van der Waals surface area contributed by atoms with Gasteiger partial charge in [-0.05, 0) is 50.1 Å². The van der Waals surface area contributed by atoms with Gasteiger partial charge in [0.25, 0.3) is 5.91 Å². The predicted octanol–water partition coefficient (Wildman–Crippen LogP) is 4.18. The number of ketones is 1. The Morgan fingerprint density at radius 3 is 2.25 bits per heavy atom. The van der Waals surface area contributed by atoms with Crippen molar-refractivity contribution in [3.63, 3.8) is 0 Å². The second-order valence-electron chi connectivity index (χ2n) is 6.92. The van der Waals surface area contributed by atoms with Gasteiger partial charge < -0.3 is 10.1 Å². The van der Waals surface area contributed by atoms with Crippen LogP contribution < -0.4 is 5.32 Å². The van der Waals surface area contributed by atoms with Crippen LogP contribution >= 0.6 is 11.6 Å². The van der Waals surface area contributed by atoms with Crippen molar-refractivity contribution < 1.29 is 19.1 Å². The number of rotatable bonds is 6. The topological polar surface area (TPSA) is 72.5 Å². The molecule has 0 spiro atoms. The maximum Gasteiger partial charge on any atom is 0.339 e. The van der Waals surface area contributed by atoms with E-state index in [-0.39, 0.29) is 28.9 Å². The van der Waals surface area contributed by atoms with Gasteiger partial charge in [0.1, 0.15) is 0 Å². The van der Waals surface area contributed by atoms with Crippen molar-refractivity contribution in [3.8, 4) is 0 Å². The minimum absolute atomic E-state index is 0.128. The maximum absolute atomic E-state index is 12.8. The number of carbonyl (C=O) groups is 3. The number of hydrogen-bond donors (Lipinski definition) is 1. The van der Waals surface area contributed by atoms with E-state index >= 15 is 0 Å². The van der Waals surface area contributed by atoms with E-state index in [1.165, 1.54) is 13.0 Å². The molecule has 0 radical (unpaired) electrons.